The molecule has 0 aromatic carbocycles. The summed E-state index contributed by atoms with van der Waals surface area (Å²) in [5, 5.41) is 23.3. The fourth-order valence-corrected chi connectivity index (χ4v) is 9.58. The van der Waals surface area contributed by atoms with E-state index in [2.05, 4.69) is 19.2 Å². The SMILES string of the molecule is CCCCCCCCCCCCCCCCCCCCCC(=O)OCCCCCCCCCCCCCCCC(=O)NC(CO)C(O)CCCCCCCCCCCCCCCCCC. The molecule has 1 amide bonds. The number of carbonyl (C=O) groups excluding carboxylic acids is 2. The van der Waals surface area contributed by atoms with E-state index in [4.69, 9.17) is 4.74 Å². The standard InChI is InChI=1S/C59H117NO5/c1-3-5-7-9-11-13-15-17-19-21-22-23-25-29-33-37-41-45-49-53-59(64)65-54-50-46-42-38-34-30-26-28-32-36-40-44-48-52-58(63)60-56(55-61)57(62)51-47-43-39-35-31-27-24-20-18-16-14-12-10-8-6-4-2/h56-57,61-62H,3-55H2,1-2H3,(H,60,63). The first-order valence-electron chi connectivity index (χ1n) is 29.8. The Balaban J connectivity index is 3.40. The topological polar surface area (TPSA) is 95.9 Å². The fourth-order valence-electron chi connectivity index (χ4n) is 9.58. The fraction of sp³-hybridized carbons (Fsp3) is 0.966. The minimum absolute atomic E-state index is 0.000532. The summed E-state index contributed by atoms with van der Waals surface area (Å²) in [5.74, 6) is -0.0437. The summed E-state index contributed by atoms with van der Waals surface area (Å²) in [6, 6.07) is -0.550. The lowest BCUT2D eigenvalue weighted by atomic mass is 10.0. The number of amides is 1. The van der Waals surface area contributed by atoms with Crippen LogP contribution in [0.5, 0.6) is 0 Å². The van der Waals surface area contributed by atoms with Crippen molar-refractivity contribution < 1.29 is 24.5 Å². The van der Waals surface area contributed by atoms with E-state index in [9.17, 15) is 19.8 Å². The Hall–Kier alpha value is -1.14. The van der Waals surface area contributed by atoms with E-state index < -0.39 is 12.1 Å². The van der Waals surface area contributed by atoms with Crippen molar-refractivity contribution in [3.05, 3.63) is 0 Å². The van der Waals surface area contributed by atoms with Gasteiger partial charge >= 0.3 is 5.97 Å². The molecule has 2 atom stereocenters. The molecule has 0 rings (SSSR count). The number of unbranched alkanes of at least 4 members (excludes halogenated alkanes) is 45. The second-order valence-corrected chi connectivity index (χ2v) is 20.7. The Kier molecular flexibility index (Phi) is 54.5. The van der Waals surface area contributed by atoms with Crippen molar-refractivity contribution in [3.8, 4) is 0 Å². The molecule has 0 aliphatic heterocycles. The van der Waals surface area contributed by atoms with Gasteiger partial charge in [0.25, 0.3) is 0 Å². The molecule has 0 aromatic rings. The van der Waals surface area contributed by atoms with Gasteiger partial charge in [0.05, 0.1) is 25.4 Å². The van der Waals surface area contributed by atoms with Gasteiger partial charge in [-0.15, -0.1) is 0 Å². The molecule has 0 spiro atoms. The zero-order valence-electron chi connectivity index (χ0n) is 44.3. The third-order valence-electron chi connectivity index (χ3n) is 14.2. The van der Waals surface area contributed by atoms with Gasteiger partial charge in [-0.1, -0.05) is 303 Å². The molecule has 6 heteroatoms. The summed E-state index contributed by atoms with van der Waals surface area (Å²) >= 11 is 0. The second kappa shape index (κ2) is 55.5. The molecule has 0 heterocycles. The molecule has 0 fully saturated rings. The predicted octanol–water partition coefficient (Wildman–Crippen LogP) is 18.3. The molecular formula is C59H117NO5. The number of esters is 1. The van der Waals surface area contributed by atoms with Crippen LogP contribution in [0.2, 0.25) is 0 Å². The zero-order chi connectivity index (χ0) is 47.2. The van der Waals surface area contributed by atoms with Crippen LogP contribution in [0.25, 0.3) is 0 Å². The maximum Gasteiger partial charge on any atom is 0.305 e. The van der Waals surface area contributed by atoms with Crippen LogP contribution in [-0.4, -0.2) is 47.4 Å². The van der Waals surface area contributed by atoms with Gasteiger partial charge < -0.3 is 20.3 Å². The molecule has 2 unspecified atom stereocenters. The number of hydrogen-bond acceptors (Lipinski definition) is 5. The first-order chi connectivity index (χ1) is 32.0. The van der Waals surface area contributed by atoms with Crippen molar-refractivity contribution in [2.24, 2.45) is 0 Å². The number of nitrogens with one attached hydrogen (secondary N) is 1. The Morgan fingerprint density at radius 3 is 0.938 bits per heavy atom. The van der Waals surface area contributed by atoms with Gasteiger partial charge in [0.2, 0.25) is 5.91 Å². The van der Waals surface area contributed by atoms with Gasteiger partial charge in [-0.2, -0.15) is 0 Å². The van der Waals surface area contributed by atoms with Crippen LogP contribution in [0.1, 0.15) is 341 Å². The van der Waals surface area contributed by atoms with Crippen molar-refractivity contribution in [1.82, 2.24) is 5.32 Å². The lowest BCUT2D eigenvalue weighted by Gasteiger charge is -2.22. The number of rotatable bonds is 56. The van der Waals surface area contributed by atoms with E-state index in [-0.39, 0.29) is 18.5 Å². The highest BCUT2D eigenvalue weighted by atomic mass is 16.5. The van der Waals surface area contributed by atoms with Gasteiger partial charge in [-0.05, 0) is 25.7 Å². The molecule has 0 aliphatic rings. The van der Waals surface area contributed by atoms with E-state index in [1.807, 2.05) is 0 Å². The summed E-state index contributed by atoms with van der Waals surface area (Å²) in [7, 11) is 0. The van der Waals surface area contributed by atoms with E-state index in [0.29, 0.717) is 25.9 Å². The highest BCUT2D eigenvalue weighted by Gasteiger charge is 2.20. The number of carbonyl (C=O) groups is 2. The summed E-state index contributed by atoms with van der Waals surface area (Å²) < 4.78 is 5.49. The molecule has 65 heavy (non-hydrogen) atoms. The molecule has 0 bridgehead atoms. The van der Waals surface area contributed by atoms with Crippen LogP contribution in [0.3, 0.4) is 0 Å². The molecular weight excluding hydrogens is 803 g/mol. The second-order valence-electron chi connectivity index (χ2n) is 20.7. The first-order valence-corrected chi connectivity index (χ1v) is 29.8. The largest absolute Gasteiger partial charge is 0.466 e. The van der Waals surface area contributed by atoms with Crippen molar-refractivity contribution in [3.63, 3.8) is 0 Å². The van der Waals surface area contributed by atoms with Gasteiger partial charge in [-0.3, -0.25) is 9.59 Å². The van der Waals surface area contributed by atoms with Crippen LogP contribution in [0, 0.1) is 0 Å². The molecule has 0 saturated heterocycles. The third kappa shape index (κ3) is 52.1. The molecule has 6 nitrogen and oxygen atoms in total. The lowest BCUT2D eigenvalue weighted by Crippen LogP contribution is -2.45. The van der Waals surface area contributed by atoms with Gasteiger partial charge in [0.1, 0.15) is 0 Å². The Bertz CT molecular complexity index is 928. The predicted molar refractivity (Wildman–Crippen MR) is 283 cm³/mol. The van der Waals surface area contributed by atoms with Gasteiger partial charge in [0.15, 0.2) is 0 Å². The van der Waals surface area contributed by atoms with E-state index in [1.54, 1.807) is 0 Å². The quantitative estimate of drug-likeness (QED) is 0.0417. The first kappa shape index (κ1) is 63.9. The van der Waals surface area contributed by atoms with Crippen LogP contribution in [0.4, 0.5) is 0 Å². The monoisotopic (exact) mass is 920 g/mol. The highest BCUT2D eigenvalue weighted by molar-refractivity contribution is 5.76. The van der Waals surface area contributed by atoms with Gasteiger partial charge in [-0.25, -0.2) is 0 Å². The third-order valence-corrected chi connectivity index (χ3v) is 14.2. The molecule has 0 saturated carbocycles. The van der Waals surface area contributed by atoms with Crippen LogP contribution in [0.15, 0.2) is 0 Å². The normalized spacial score (nSPS) is 12.5. The minimum Gasteiger partial charge on any atom is -0.466 e. The smallest absolute Gasteiger partial charge is 0.305 e. The molecule has 388 valence electrons. The Labute approximate surface area is 406 Å². The van der Waals surface area contributed by atoms with Crippen LogP contribution in [-0.2, 0) is 14.3 Å². The number of aliphatic hydroxyl groups is 2. The Morgan fingerprint density at radius 1 is 0.369 bits per heavy atom. The molecule has 0 radical (unpaired) electrons. The summed E-state index contributed by atoms with van der Waals surface area (Å²) in [6.45, 7) is 4.96. The number of aliphatic hydroxyl groups excluding tert-OH is 2. The highest BCUT2D eigenvalue weighted by Crippen LogP contribution is 2.18. The molecule has 0 aromatic heterocycles. The van der Waals surface area contributed by atoms with E-state index >= 15 is 0 Å². The average Bonchev–Trinajstić information content (AvgIpc) is 3.31. The van der Waals surface area contributed by atoms with Crippen molar-refractivity contribution in [2.45, 2.75) is 353 Å². The van der Waals surface area contributed by atoms with E-state index in [0.717, 1.165) is 51.4 Å². The minimum atomic E-state index is -0.671. The van der Waals surface area contributed by atoms with Gasteiger partial charge in [0, 0.05) is 12.8 Å². The van der Waals surface area contributed by atoms with Crippen LogP contribution < -0.4 is 5.32 Å². The maximum absolute atomic E-state index is 12.5. The summed E-state index contributed by atoms with van der Waals surface area (Å²) in [4.78, 5) is 24.6. The summed E-state index contributed by atoms with van der Waals surface area (Å²) in [6.07, 6.45) is 63.8. The maximum atomic E-state index is 12.5. The number of hydrogen-bond donors (Lipinski definition) is 3. The Morgan fingerprint density at radius 2 is 0.631 bits per heavy atom. The van der Waals surface area contributed by atoms with Crippen LogP contribution >= 0.6 is 0 Å². The van der Waals surface area contributed by atoms with Crippen molar-refractivity contribution in [1.29, 1.82) is 0 Å². The van der Waals surface area contributed by atoms with Crippen molar-refractivity contribution in [2.75, 3.05) is 13.2 Å². The molecule has 3 N–H and O–H groups in total. The summed E-state index contributed by atoms with van der Waals surface area (Å²) in [5.41, 5.74) is 0. The average molecular weight is 921 g/mol. The zero-order valence-corrected chi connectivity index (χ0v) is 44.3. The lowest BCUT2D eigenvalue weighted by molar-refractivity contribution is -0.143. The number of ether oxygens (including phenoxy) is 1. The van der Waals surface area contributed by atoms with Crippen molar-refractivity contribution >= 4 is 11.9 Å². The molecule has 0 aliphatic carbocycles. The van der Waals surface area contributed by atoms with E-state index in [1.165, 1.54) is 257 Å².